The number of aromatic nitrogens is 3. The molecule has 0 saturated heterocycles. The summed E-state index contributed by atoms with van der Waals surface area (Å²) in [6, 6.07) is 6.86. The average molecular weight is 416 g/mol. The zero-order chi connectivity index (χ0) is 21.9. The maximum absolute atomic E-state index is 12.3. The second kappa shape index (κ2) is 8.06. The van der Waals surface area contributed by atoms with E-state index in [1.165, 1.54) is 28.8 Å². The molecule has 3 rings (SSSR count). The molecule has 0 aliphatic carbocycles. The third-order valence-corrected chi connectivity index (χ3v) is 3.76. The van der Waals surface area contributed by atoms with Crippen LogP contribution in [0.3, 0.4) is 0 Å². The summed E-state index contributed by atoms with van der Waals surface area (Å²) < 4.78 is 42.2. The number of nitrogens with one attached hydrogen (secondary N) is 1. The van der Waals surface area contributed by atoms with E-state index in [0.717, 1.165) is 0 Å². The molecule has 1 aromatic carbocycles. The average Bonchev–Trinajstić information content (AvgIpc) is 2.95. The number of hydrogen-bond donors (Lipinski definition) is 1. The zero-order valence-electron chi connectivity index (χ0n) is 16.5. The van der Waals surface area contributed by atoms with Crippen LogP contribution in [0.4, 0.5) is 19.0 Å². The molecular weight excluding hydrogens is 397 g/mol. The van der Waals surface area contributed by atoms with E-state index in [4.69, 9.17) is 0 Å². The summed E-state index contributed by atoms with van der Waals surface area (Å²) in [5.41, 5.74) is 1.13. The fourth-order valence-corrected chi connectivity index (χ4v) is 2.62. The van der Waals surface area contributed by atoms with E-state index in [-0.39, 0.29) is 22.9 Å². The molecule has 3 aromatic rings. The number of carbonyl (C=O) groups is 1. The molecule has 156 valence electrons. The molecule has 6 nitrogen and oxygen atoms in total. The van der Waals surface area contributed by atoms with Crippen molar-refractivity contribution >= 4 is 17.4 Å². The minimum atomic E-state index is -4.75. The molecular formula is C21H19F3N4O2. The van der Waals surface area contributed by atoms with Crippen LogP contribution in [-0.4, -0.2) is 26.9 Å². The maximum Gasteiger partial charge on any atom is 0.573 e. The number of fused-ring (bicyclic) bond motifs is 1. The number of rotatable bonds is 3. The number of anilines is 1. The number of hydrogen-bond acceptors (Lipinski definition) is 4. The van der Waals surface area contributed by atoms with E-state index < -0.39 is 6.36 Å². The van der Waals surface area contributed by atoms with Crippen molar-refractivity contribution in [1.82, 2.24) is 14.6 Å². The fourth-order valence-electron chi connectivity index (χ4n) is 2.62. The first-order chi connectivity index (χ1) is 14.0. The summed E-state index contributed by atoms with van der Waals surface area (Å²) in [6.45, 7) is 5.85. The Morgan fingerprint density at radius 1 is 1.17 bits per heavy atom. The van der Waals surface area contributed by atoms with Gasteiger partial charge in [-0.15, -0.1) is 18.3 Å². The van der Waals surface area contributed by atoms with E-state index in [0.29, 0.717) is 23.2 Å². The van der Waals surface area contributed by atoms with E-state index in [2.05, 4.69) is 32.0 Å². The lowest BCUT2D eigenvalue weighted by Gasteiger charge is -2.16. The normalized spacial score (nSPS) is 11.7. The Balaban J connectivity index is 1.90. The number of carbonyl (C=O) groups excluding carboxylic acids is 1. The summed E-state index contributed by atoms with van der Waals surface area (Å²) in [6.07, 6.45) is -1.21. The lowest BCUT2D eigenvalue weighted by atomic mass is 9.92. The summed E-state index contributed by atoms with van der Waals surface area (Å²) in [4.78, 5) is 16.6. The Bertz CT molecular complexity index is 1120. The van der Waals surface area contributed by atoms with Gasteiger partial charge in [-0.2, -0.15) is 0 Å². The van der Waals surface area contributed by atoms with Crippen molar-refractivity contribution in [3.63, 3.8) is 0 Å². The molecule has 0 radical (unpaired) electrons. The number of amides is 1. The van der Waals surface area contributed by atoms with E-state index >= 15 is 0 Å². The number of alkyl halides is 3. The summed E-state index contributed by atoms with van der Waals surface area (Å²) in [7, 11) is 0. The smallest absolute Gasteiger partial charge is 0.406 e. The van der Waals surface area contributed by atoms with E-state index in [1.807, 2.05) is 20.8 Å². The molecule has 9 heteroatoms. The lowest BCUT2D eigenvalue weighted by Crippen LogP contribution is -2.20. The minimum absolute atomic E-state index is 0.201. The van der Waals surface area contributed by atoms with Gasteiger partial charge in [0.05, 0.1) is 0 Å². The van der Waals surface area contributed by atoms with Gasteiger partial charge in [0.15, 0.2) is 11.5 Å². The highest BCUT2D eigenvalue weighted by Crippen LogP contribution is 2.24. The predicted molar refractivity (Wildman–Crippen MR) is 105 cm³/mol. The van der Waals surface area contributed by atoms with Gasteiger partial charge < -0.3 is 10.1 Å². The molecule has 0 saturated carbocycles. The molecule has 0 spiro atoms. The predicted octanol–water partition coefficient (Wildman–Crippen LogP) is 4.40. The van der Waals surface area contributed by atoms with Gasteiger partial charge in [0, 0.05) is 24.4 Å². The van der Waals surface area contributed by atoms with E-state index in [1.54, 1.807) is 18.5 Å². The highest BCUT2D eigenvalue weighted by atomic mass is 19.4. The third kappa shape index (κ3) is 5.73. The molecule has 1 N–H and O–H groups in total. The topological polar surface area (TPSA) is 68.5 Å². The highest BCUT2D eigenvalue weighted by molar-refractivity contribution is 5.92. The van der Waals surface area contributed by atoms with Crippen molar-refractivity contribution in [1.29, 1.82) is 0 Å². The molecule has 2 heterocycles. The molecule has 0 bridgehead atoms. The van der Waals surface area contributed by atoms with Crippen LogP contribution in [0.1, 0.15) is 38.3 Å². The molecule has 0 atom stereocenters. The first-order valence-corrected chi connectivity index (χ1v) is 9.01. The van der Waals surface area contributed by atoms with Crippen molar-refractivity contribution in [3.05, 3.63) is 53.9 Å². The first-order valence-electron chi connectivity index (χ1n) is 9.01. The second-order valence-corrected chi connectivity index (χ2v) is 7.72. The highest BCUT2D eigenvalue weighted by Gasteiger charge is 2.30. The van der Waals surface area contributed by atoms with Crippen molar-refractivity contribution in [2.24, 2.45) is 5.41 Å². The number of benzene rings is 1. The van der Waals surface area contributed by atoms with Crippen LogP contribution in [0.15, 0.2) is 42.7 Å². The van der Waals surface area contributed by atoms with Crippen LogP contribution >= 0.6 is 0 Å². The Labute approximate surface area is 171 Å². The van der Waals surface area contributed by atoms with Crippen LogP contribution in [0.25, 0.3) is 5.65 Å². The van der Waals surface area contributed by atoms with Crippen molar-refractivity contribution in [2.75, 3.05) is 5.32 Å². The molecule has 30 heavy (non-hydrogen) atoms. The van der Waals surface area contributed by atoms with Gasteiger partial charge in [-0.3, -0.25) is 4.79 Å². The number of ether oxygens (including phenoxy) is 1. The van der Waals surface area contributed by atoms with Gasteiger partial charge in [0.2, 0.25) is 5.91 Å². The largest absolute Gasteiger partial charge is 0.573 e. The molecule has 1 amide bonds. The third-order valence-electron chi connectivity index (χ3n) is 3.76. The second-order valence-electron chi connectivity index (χ2n) is 7.72. The van der Waals surface area contributed by atoms with Gasteiger partial charge in [-0.05, 0) is 35.7 Å². The Morgan fingerprint density at radius 3 is 2.50 bits per heavy atom. The number of halogens is 3. The van der Waals surface area contributed by atoms with Crippen LogP contribution in [0, 0.1) is 17.3 Å². The summed E-state index contributed by atoms with van der Waals surface area (Å²) in [5.74, 6) is 5.51. The summed E-state index contributed by atoms with van der Waals surface area (Å²) >= 11 is 0. The van der Waals surface area contributed by atoms with Gasteiger partial charge in [-0.1, -0.05) is 32.6 Å². The van der Waals surface area contributed by atoms with E-state index in [9.17, 15) is 18.0 Å². The first kappa shape index (κ1) is 21.2. The lowest BCUT2D eigenvalue weighted by molar-refractivity contribution is -0.274. The quantitative estimate of drug-likeness (QED) is 0.643. The van der Waals surface area contributed by atoms with Gasteiger partial charge in [-0.25, -0.2) is 9.50 Å². The standard InChI is InChI=1S/C21H19F3N4O2/c1-20(2,3)13-17(29)26-18-16(19-25-11-4-12-28(19)27-18)10-7-14-5-8-15(9-6-14)30-21(22,23)24/h4-6,8-9,11-12H,13H2,1-3H3,(H,26,27,29). The van der Waals surface area contributed by atoms with Gasteiger partial charge >= 0.3 is 6.36 Å². The van der Waals surface area contributed by atoms with Gasteiger partial charge in [0.25, 0.3) is 0 Å². The molecule has 0 aliphatic heterocycles. The molecule has 2 aromatic heterocycles. The Kier molecular flexibility index (Phi) is 5.69. The zero-order valence-corrected chi connectivity index (χ0v) is 16.5. The van der Waals surface area contributed by atoms with Gasteiger partial charge in [0.1, 0.15) is 11.3 Å². The minimum Gasteiger partial charge on any atom is -0.406 e. The monoisotopic (exact) mass is 416 g/mol. The maximum atomic E-state index is 12.3. The number of nitrogens with zero attached hydrogens (tertiary/aromatic N) is 3. The van der Waals surface area contributed by atoms with Crippen LogP contribution < -0.4 is 10.1 Å². The van der Waals surface area contributed by atoms with Crippen molar-refractivity contribution in [2.45, 2.75) is 33.6 Å². The van der Waals surface area contributed by atoms with Crippen LogP contribution in [0.5, 0.6) is 5.75 Å². The molecule has 0 aliphatic rings. The van der Waals surface area contributed by atoms with Crippen molar-refractivity contribution in [3.8, 4) is 17.6 Å². The fraction of sp³-hybridized carbons (Fsp3) is 0.286. The Hall–Kier alpha value is -3.54. The molecule has 0 fully saturated rings. The van der Waals surface area contributed by atoms with Crippen molar-refractivity contribution < 1.29 is 22.7 Å². The van der Waals surface area contributed by atoms with Crippen LogP contribution in [-0.2, 0) is 4.79 Å². The SMILES string of the molecule is CC(C)(C)CC(=O)Nc1nn2cccnc2c1C#Cc1ccc(OC(F)(F)F)cc1. The molecule has 0 unspecified atom stereocenters. The van der Waals surface area contributed by atoms with Crippen LogP contribution in [0.2, 0.25) is 0 Å². The summed E-state index contributed by atoms with van der Waals surface area (Å²) in [5, 5.41) is 7.09. The Morgan fingerprint density at radius 2 is 1.87 bits per heavy atom.